The van der Waals surface area contributed by atoms with E-state index in [1.54, 1.807) is 25.5 Å². The molecule has 1 aliphatic heterocycles. The molecule has 1 fully saturated rings. The van der Waals surface area contributed by atoms with Gasteiger partial charge in [-0.05, 0) is 20.8 Å². The first-order valence-electron chi connectivity index (χ1n) is 5.80. The predicted molar refractivity (Wildman–Crippen MR) is 64.0 cm³/mol. The highest BCUT2D eigenvalue weighted by Crippen LogP contribution is 2.28. The molecule has 0 aromatic heterocycles. The third-order valence-corrected chi connectivity index (χ3v) is 3.87. The van der Waals surface area contributed by atoms with Crippen LogP contribution >= 0.6 is 0 Å². The molecule has 1 aliphatic rings. The van der Waals surface area contributed by atoms with Gasteiger partial charge in [0, 0.05) is 25.9 Å². The van der Waals surface area contributed by atoms with Crippen molar-refractivity contribution in [3.8, 4) is 0 Å². The third-order valence-electron chi connectivity index (χ3n) is 2.41. The van der Waals surface area contributed by atoms with Crippen molar-refractivity contribution < 1.29 is 26.7 Å². The van der Waals surface area contributed by atoms with Crippen molar-refractivity contribution in [2.24, 2.45) is 0 Å². The summed E-state index contributed by atoms with van der Waals surface area (Å²) in [6, 6.07) is 0. The van der Waals surface area contributed by atoms with Crippen molar-refractivity contribution in [2.45, 2.75) is 45.1 Å². The van der Waals surface area contributed by atoms with Crippen LogP contribution in [-0.2, 0) is 14.9 Å². The molecule has 1 N–H and O–H groups in total. The number of nitrogens with zero attached hydrogens (tertiary/aromatic N) is 1. The fraction of sp³-hybridized carbons (Fsp3) is 0.900. The lowest BCUT2D eigenvalue weighted by Crippen LogP contribution is -2.49. The van der Waals surface area contributed by atoms with E-state index >= 15 is 0 Å². The normalized spacial score (nSPS) is 20.9. The fourth-order valence-corrected chi connectivity index (χ4v) is 2.57. The van der Waals surface area contributed by atoms with Gasteiger partial charge in [0.15, 0.2) is 0 Å². The van der Waals surface area contributed by atoms with Crippen LogP contribution in [0.2, 0.25) is 0 Å². The van der Waals surface area contributed by atoms with Crippen LogP contribution in [0.25, 0.3) is 0 Å². The molecule has 0 saturated carbocycles. The molecule has 0 aromatic carbocycles. The molecular weight excluding hydrogens is 282 g/mol. The van der Waals surface area contributed by atoms with Gasteiger partial charge in [-0.25, -0.2) is 18.3 Å². The number of alkyl halides is 2. The quantitative estimate of drug-likeness (QED) is 0.838. The summed E-state index contributed by atoms with van der Waals surface area (Å²) in [7, 11) is -4.13. The number of carbonyl (C=O) groups excluding carboxylic acids is 1. The Balaban J connectivity index is 2.60. The molecule has 9 heteroatoms. The van der Waals surface area contributed by atoms with Gasteiger partial charge in [0.05, 0.1) is 0 Å². The lowest BCUT2D eigenvalue weighted by atomic mass is 10.1. The highest BCUT2D eigenvalue weighted by molar-refractivity contribution is 7.87. The van der Waals surface area contributed by atoms with E-state index in [0.717, 1.165) is 4.31 Å². The zero-order chi connectivity index (χ0) is 14.9. The molecule has 19 heavy (non-hydrogen) atoms. The lowest BCUT2D eigenvalue weighted by molar-refractivity contribution is -0.0413. The van der Waals surface area contributed by atoms with Gasteiger partial charge in [0.25, 0.3) is 5.92 Å². The molecule has 0 bridgehead atoms. The maximum atomic E-state index is 12.9. The molecule has 0 unspecified atom stereocenters. The Hall–Kier alpha value is -0.960. The number of rotatable bonds is 2. The topological polar surface area (TPSA) is 75.7 Å². The Morgan fingerprint density at radius 3 is 2.16 bits per heavy atom. The summed E-state index contributed by atoms with van der Waals surface area (Å²) in [6.07, 6.45) is -2.23. The van der Waals surface area contributed by atoms with Gasteiger partial charge in [0.1, 0.15) is 5.60 Å². The minimum atomic E-state index is -4.13. The fourth-order valence-electron chi connectivity index (χ4n) is 1.52. The van der Waals surface area contributed by atoms with Crippen molar-refractivity contribution in [1.29, 1.82) is 0 Å². The second-order valence-electron chi connectivity index (χ2n) is 5.36. The van der Waals surface area contributed by atoms with E-state index in [2.05, 4.69) is 0 Å². The SMILES string of the molecule is CC(C)(C)OC(=O)NS(=O)(=O)N1CCC(F)(F)CC1. The number of ether oxygens (including phenoxy) is 1. The van der Waals surface area contributed by atoms with E-state index in [-0.39, 0.29) is 13.1 Å². The van der Waals surface area contributed by atoms with E-state index in [4.69, 9.17) is 4.74 Å². The predicted octanol–water partition coefficient (Wildman–Crippen LogP) is 1.49. The summed E-state index contributed by atoms with van der Waals surface area (Å²) in [4.78, 5) is 11.4. The van der Waals surface area contributed by atoms with Crippen molar-refractivity contribution in [2.75, 3.05) is 13.1 Å². The van der Waals surface area contributed by atoms with E-state index in [1.807, 2.05) is 0 Å². The summed E-state index contributed by atoms with van der Waals surface area (Å²) in [5.41, 5.74) is -0.839. The number of amides is 1. The number of nitrogens with one attached hydrogen (secondary N) is 1. The van der Waals surface area contributed by atoms with Crippen LogP contribution in [0.1, 0.15) is 33.6 Å². The number of halogens is 2. The zero-order valence-electron chi connectivity index (χ0n) is 11.1. The van der Waals surface area contributed by atoms with Gasteiger partial charge < -0.3 is 4.74 Å². The number of piperidine rings is 1. The molecule has 0 aliphatic carbocycles. The summed E-state index contributed by atoms with van der Waals surface area (Å²) >= 11 is 0. The Morgan fingerprint density at radius 2 is 1.74 bits per heavy atom. The largest absolute Gasteiger partial charge is 0.443 e. The zero-order valence-corrected chi connectivity index (χ0v) is 11.9. The molecule has 0 radical (unpaired) electrons. The van der Waals surface area contributed by atoms with Crippen molar-refractivity contribution in [3.63, 3.8) is 0 Å². The van der Waals surface area contributed by atoms with Gasteiger partial charge in [-0.15, -0.1) is 0 Å². The Labute approximate surface area is 111 Å². The smallest absolute Gasteiger partial charge is 0.422 e. The van der Waals surface area contributed by atoms with E-state index < -0.39 is 40.7 Å². The van der Waals surface area contributed by atoms with Crippen LogP contribution in [0.15, 0.2) is 0 Å². The first kappa shape index (κ1) is 16.1. The summed E-state index contributed by atoms with van der Waals surface area (Å²) in [5.74, 6) is -2.85. The molecule has 1 heterocycles. The van der Waals surface area contributed by atoms with Crippen LogP contribution in [0.3, 0.4) is 0 Å². The minimum absolute atomic E-state index is 0.328. The molecule has 0 spiro atoms. The Morgan fingerprint density at radius 1 is 1.26 bits per heavy atom. The van der Waals surface area contributed by atoms with Crippen LogP contribution in [0.4, 0.5) is 13.6 Å². The van der Waals surface area contributed by atoms with Crippen molar-refractivity contribution >= 4 is 16.3 Å². The van der Waals surface area contributed by atoms with Crippen LogP contribution in [-0.4, -0.2) is 43.4 Å². The maximum absolute atomic E-state index is 12.9. The van der Waals surface area contributed by atoms with Gasteiger partial charge >= 0.3 is 16.3 Å². The second kappa shape index (κ2) is 5.20. The highest BCUT2D eigenvalue weighted by atomic mass is 32.2. The molecule has 112 valence electrons. The van der Waals surface area contributed by atoms with Crippen molar-refractivity contribution in [1.82, 2.24) is 9.03 Å². The van der Waals surface area contributed by atoms with E-state index in [1.165, 1.54) is 0 Å². The van der Waals surface area contributed by atoms with Gasteiger partial charge in [-0.2, -0.15) is 12.7 Å². The minimum Gasteiger partial charge on any atom is -0.443 e. The highest BCUT2D eigenvalue weighted by Gasteiger charge is 2.39. The van der Waals surface area contributed by atoms with Crippen LogP contribution in [0.5, 0.6) is 0 Å². The number of hydrogen-bond acceptors (Lipinski definition) is 4. The number of carbonyl (C=O) groups is 1. The van der Waals surface area contributed by atoms with E-state index in [9.17, 15) is 22.0 Å². The molecular formula is C10H18F2N2O4S. The van der Waals surface area contributed by atoms with Crippen molar-refractivity contribution in [3.05, 3.63) is 0 Å². The number of hydrogen-bond donors (Lipinski definition) is 1. The average Bonchev–Trinajstić information content (AvgIpc) is 2.11. The molecule has 0 aromatic rings. The molecule has 0 atom stereocenters. The van der Waals surface area contributed by atoms with Gasteiger partial charge in [0.2, 0.25) is 0 Å². The second-order valence-corrected chi connectivity index (χ2v) is 7.03. The summed E-state index contributed by atoms with van der Waals surface area (Å²) in [6.45, 7) is 4.10. The third kappa shape index (κ3) is 5.27. The average molecular weight is 300 g/mol. The lowest BCUT2D eigenvalue weighted by Gasteiger charge is -2.30. The first-order chi connectivity index (χ1) is 8.41. The van der Waals surface area contributed by atoms with E-state index in [0.29, 0.717) is 0 Å². The maximum Gasteiger partial charge on any atom is 0.422 e. The molecule has 1 amide bonds. The summed E-state index contributed by atoms with van der Waals surface area (Å²) in [5, 5.41) is 0. The first-order valence-corrected chi connectivity index (χ1v) is 7.24. The molecule has 1 saturated heterocycles. The Bertz CT molecular complexity index is 435. The Kier molecular flexibility index (Phi) is 4.40. The van der Waals surface area contributed by atoms with Gasteiger partial charge in [-0.1, -0.05) is 0 Å². The van der Waals surface area contributed by atoms with Gasteiger partial charge in [-0.3, -0.25) is 0 Å². The molecule has 6 nitrogen and oxygen atoms in total. The van der Waals surface area contributed by atoms with Crippen LogP contribution in [0, 0.1) is 0 Å². The monoisotopic (exact) mass is 300 g/mol. The summed E-state index contributed by atoms with van der Waals surface area (Å²) < 4.78 is 56.7. The molecule has 1 rings (SSSR count). The van der Waals surface area contributed by atoms with Crippen LogP contribution < -0.4 is 4.72 Å². The standard InChI is InChI=1S/C10H18F2N2O4S/c1-9(2,3)18-8(15)13-19(16,17)14-6-4-10(11,12)5-7-14/h4-7H2,1-3H3,(H,13,15).